The van der Waals surface area contributed by atoms with Gasteiger partial charge in [-0.25, -0.2) is 0 Å². The molecule has 124 valence electrons. The van der Waals surface area contributed by atoms with E-state index in [0.717, 1.165) is 19.0 Å². The first-order valence-electron chi connectivity index (χ1n) is 8.12. The van der Waals surface area contributed by atoms with Crippen LogP contribution in [0.2, 0.25) is 0 Å². The number of nitrogens with one attached hydrogen (secondary N) is 1. The van der Waals surface area contributed by atoms with E-state index < -0.39 is 0 Å². The minimum Gasteiger partial charge on any atom is -0.361 e. The van der Waals surface area contributed by atoms with Crippen molar-refractivity contribution in [1.29, 1.82) is 0 Å². The van der Waals surface area contributed by atoms with Crippen molar-refractivity contribution < 1.29 is 9.32 Å². The number of hydrogen-bond donors (Lipinski definition) is 1. The van der Waals surface area contributed by atoms with Gasteiger partial charge in [0.05, 0.1) is 6.04 Å². The summed E-state index contributed by atoms with van der Waals surface area (Å²) in [6, 6.07) is 6.12. The minimum atomic E-state index is -0.172. The Morgan fingerprint density at radius 3 is 2.91 bits per heavy atom. The molecule has 1 aliphatic heterocycles. The Balaban J connectivity index is 1.66. The smallest absolute Gasteiger partial charge is 0.273 e. The second-order valence-corrected chi connectivity index (χ2v) is 7.26. The van der Waals surface area contributed by atoms with Crippen molar-refractivity contribution in [3.63, 3.8) is 0 Å². The average molecular weight is 333 g/mol. The van der Waals surface area contributed by atoms with Gasteiger partial charge in [-0.15, -0.1) is 11.3 Å². The quantitative estimate of drug-likeness (QED) is 0.912. The van der Waals surface area contributed by atoms with Crippen molar-refractivity contribution in [2.24, 2.45) is 5.92 Å². The first kappa shape index (κ1) is 16.2. The van der Waals surface area contributed by atoms with E-state index in [0.29, 0.717) is 18.0 Å². The summed E-state index contributed by atoms with van der Waals surface area (Å²) < 4.78 is 4.97. The zero-order chi connectivity index (χ0) is 16.2. The number of aryl methyl sites for hydroxylation is 1. The van der Waals surface area contributed by atoms with Crippen LogP contribution in [-0.2, 0) is 0 Å². The van der Waals surface area contributed by atoms with Gasteiger partial charge >= 0.3 is 0 Å². The van der Waals surface area contributed by atoms with Crippen LogP contribution in [0.25, 0.3) is 0 Å². The molecule has 1 fully saturated rings. The maximum absolute atomic E-state index is 12.2. The normalized spacial score (nSPS) is 18.0. The summed E-state index contributed by atoms with van der Waals surface area (Å²) in [5.74, 6) is 1.27. The molecule has 6 heteroatoms. The fourth-order valence-electron chi connectivity index (χ4n) is 2.98. The van der Waals surface area contributed by atoms with E-state index in [2.05, 4.69) is 39.8 Å². The molecule has 0 aromatic carbocycles. The van der Waals surface area contributed by atoms with E-state index in [1.165, 1.54) is 17.7 Å². The number of carbonyl (C=O) groups excluding carboxylic acids is 1. The number of carbonyl (C=O) groups is 1. The highest BCUT2D eigenvalue weighted by Gasteiger charge is 2.26. The van der Waals surface area contributed by atoms with Crippen LogP contribution < -0.4 is 5.32 Å². The van der Waals surface area contributed by atoms with Crippen LogP contribution in [0.5, 0.6) is 0 Å². The van der Waals surface area contributed by atoms with Crippen LogP contribution in [0.3, 0.4) is 0 Å². The molecule has 5 nitrogen and oxygen atoms in total. The number of likely N-dealkylation sites (tertiary alicyclic amines) is 1. The molecule has 3 heterocycles. The standard InChI is InChI=1S/C17H23N3O2S/c1-12-5-7-20(8-6-12)15(16-4-3-9-23-16)11-18-17(21)14-10-13(2)22-19-14/h3-4,9-10,12,15H,5-8,11H2,1-2H3,(H,18,21)/t15-/m0/s1. The first-order chi connectivity index (χ1) is 11.1. The van der Waals surface area contributed by atoms with Gasteiger partial charge in [0.15, 0.2) is 5.69 Å². The number of thiophene rings is 1. The number of hydrogen-bond acceptors (Lipinski definition) is 5. The molecule has 0 spiro atoms. The van der Waals surface area contributed by atoms with Gasteiger partial charge in [-0.05, 0) is 50.2 Å². The van der Waals surface area contributed by atoms with Crippen LogP contribution >= 0.6 is 11.3 Å². The highest BCUT2D eigenvalue weighted by Crippen LogP contribution is 2.29. The Hall–Kier alpha value is -1.66. The molecule has 2 aromatic heterocycles. The van der Waals surface area contributed by atoms with Crippen LogP contribution in [0.1, 0.15) is 46.9 Å². The van der Waals surface area contributed by atoms with E-state index in [4.69, 9.17) is 4.52 Å². The average Bonchev–Trinajstić information content (AvgIpc) is 3.21. The van der Waals surface area contributed by atoms with Gasteiger partial charge in [0.2, 0.25) is 0 Å². The molecule has 0 radical (unpaired) electrons. The molecule has 23 heavy (non-hydrogen) atoms. The van der Waals surface area contributed by atoms with Crippen molar-refractivity contribution in [3.05, 3.63) is 39.9 Å². The highest BCUT2D eigenvalue weighted by molar-refractivity contribution is 7.10. The monoisotopic (exact) mass is 333 g/mol. The lowest BCUT2D eigenvalue weighted by molar-refractivity contribution is 0.0906. The summed E-state index contributed by atoms with van der Waals surface area (Å²) in [5.41, 5.74) is 0.347. The summed E-state index contributed by atoms with van der Waals surface area (Å²) in [7, 11) is 0. The Morgan fingerprint density at radius 2 is 2.30 bits per heavy atom. The molecule has 1 aliphatic rings. The predicted octanol–water partition coefficient (Wildman–Crippen LogP) is 3.25. The van der Waals surface area contributed by atoms with Crippen molar-refractivity contribution in [1.82, 2.24) is 15.4 Å². The van der Waals surface area contributed by atoms with Crippen molar-refractivity contribution in [2.45, 2.75) is 32.7 Å². The number of piperidine rings is 1. The summed E-state index contributed by atoms with van der Waals surface area (Å²) in [5, 5.41) is 8.89. The molecule has 1 N–H and O–H groups in total. The SMILES string of the molecule is Cc1cc(C(=O)NC[C@@H](c2cccs2)N2CCC(C)CC2)no1. The molecular formula is C17H23N3O2S. The molecular weight excluding hydrogens is 310 g/mol. The largest absolute Gasteiger partial charge is 0.361 e. The molecule has 3 rings (SSSR count). The zero-order valence-electron chi connectivity index (χ0n) is 13.6. The number of aromatic nitrogens is 1. The van der Waals surface area contributed by atoms with Gasteiger partial charge in [-0.1, -0.05) is 18.1 Å². The Labute approximate surface area is 140 Å². The fraction of sp³-hybridized carbons (Fsp3) is 0.529. The molecule has 1 saturated heterocycles. The lowest BCUT2D eigenvalue weighted by Gasteiger charge is -2.36. The van der Waals surface area contributed by atoms with E-state index in [-0.39, 0.29) is 11.9 Å². The van der Waals surface area contributed by atoms with Gasteiger partial charge in [-0.3, -0.25) is 9.69 Å². The maximum Gasteiger partial charge on any atom is 0.273 e. The van der Waals surface area contributed by atoms with Crippen molar-refractivity contribution in [3.8, 4) is 0 Å². The summed E-state index contributed by atoms with van der Waals surface area (Å²) in [6.07, 6.45) is 2.44. The van der Waals surface area contributed by atoms with Gasteiger partial charge in [0.1, 0.15) is 5.76 Å². The Bertz CT molecular complexity index is 630. The molecule has 2 aromatic rings. The van der Waals surface area contributed by atoms with Crippen LogP contribution in [0.15, 0.2) is 28.1 Å². The third-order valence-electron chi connectivity index (χ3n) is 4.45. The summed E-state index contributed by atoms with van der Waals surface area (Å²) in [4.78, 5) is 16.0. The molecule has 1 atom stereocenters. The van der Waals surface area contributed by atoms with Crippen LogP contribution in [0.4, 0.5) is 0 Å². The molecule has 0 bridgehead atoms. The third-order valence-corrected chi connectivity index (χ3v) is 5.42. The number of rotatable bonds is 5. The van der Waals surface area contributed by atoms with E-state index in [1.807, 2.05) is 0 Å². The lowest BCUT2D eigenvalue weighted by Crippen LogP contribution is -2.41. The molecule has 0 aliphatic carbocycles. The highest BCUT2D eigenvalue weighted by atomic mass is 32.1. The van der Waals surface area contributed by atoms with Gasteiger partial charge in [-0.2, -0.15) is 0 Å². The van der Waals surface area contributed by atoms with E-state index >= 15 is 0 Å². The fourth-order valence-corrected chi connectivity index (χ4v) is 3.84. The summed E-state index contributed by atoms with van der Waals surface area (Å²) in [6.45, 7) is 6.87. The molecule has 0 saturated carbocycles. The zero-order valence-corrected chi connectivity index (χ0v) is 14.4. The molecule has 0 unspecified atom stereocenters. The van der Waals surface area contributed by atoms with Crippen LogP contribution in [0, 0.1) is 12.8 Å². The maximum atomic E-state index is 12.2. The Morgan fingerprint density at radius 1 is 1.52 bits per heavy atom. The third kappa shape index (κ3) is 4.00. The second kappa shape index (κ2) is 7.27. The second-order valence-electron chi connectivity index (χ2n) is 6.28. The van der Waals surface area contributed by atoms with E-state index in [9.17, 15) is 4.79 Å². The first-order valence-corrected chi connectivity index (χ1v) is 9.00. The topological polar surface area (TPSA) is 58.4 Å². The number of amides is 1. The van der Waals surface area contributed by atoms with E-state index in [1.54, 1.807) is 24.3 Å². The minimum absolute atomic E-state index is 0.172. The number of nitrogens with zero attached hydrogens (tertiary/aromatic N) is 2. The lowest BCUT2D eigenvalue weighted by atomic mass is 9.97. The van der Waals surface area contributed by atoms with Crippen molar-refractivity contribution >= 4 is 17.2 Å². The van der Waals surface area contributed by atoms with Crippen molar-refractivity contribution in [2.75, 3.05) is 19.6 Å². The predicted molar refractivity (Wildman–Crippen MR) is 90.6 cm³/mol. The molecule has 1 amide bonds. The van der Waals surface area contributed by atoms with Gasteiger partial charge in [0, 0.05) is 17.5 Å². The van der Waals surface area contributed by atoms with Crippen LogP contribution in [-0.4, -0.2) is 35.6 Å². The van der Waals surface area contributed by atoms with Gasteiger partial charge in [0.25, 0.3) is 5.91 Å². The summed E-state index contributed by atoms with van der Waals surface area (Å²) >= 11 is 1.75. The Kier molecular flexibility index (Phi) is 5.13. The van der Waals surface area contributed by atoms with Gasteiger partial charge < -0.3 is 9.84 Å².